The first kappa shape index (κ1) is 29.7. The van der Waals surface area contributed by atoms with Crippen LogP contribution in [0.15, 0.2) is 49.3 Å². The second kappa shape index (κ2) is 12.7. The number of rotatable bonds is 10. The van der Waals surface area contributed by atoms with Crippen LogP contribution in [-0.2, 0) is 16.6 Å². The fraction of sp³-hybridized carbons (Fsp3) is 0.433. The van der Waals surface area contributed by atoms with Gasteiger partial charge in [0.2, 0.25) is 0 Å². The van der Waals surface area contributed by atoms with Crippen molar-refractivity contribution >= 4 is 27.3 Å². The third-order valence-corrected chi connectivity index (χ3v) is 9.68. The maximum atomic E-state index is 12.5. The van der Waals surface area contributed by atoms with E-state index in [4.69, 9.17) is 0 Å². The topological polar surface area (TPSA) is 156 Å². The quantitative estimate of drug-likeness (QED) is 0.225. The summed E-state index contributed by atoms with van der Waals surface area (Å²) in [4.78, 5) is 15.6. The van der Waals surface area contributed by atoms with Gasteiger partial charge in [0.05, 0.1) is 58.9 Å². The smallest absolute Gasteiger partial charge is 0.256 e. The first-order chi connectivity index (χ1) is 21.2. The third kappa shape index (κ3) is 7.24. The predicted molar refractivity (Wildman–Crippen MR) is 167 cm³/mol. The number of aromatic nitrogens is 7. The zero-order valence-electron chi connectivity index (χ0n) is 24.8. The summed E-state index contributed by atoms with van der Waals surface area (Å²) in [6.45, 7) is 1.67. The van der Waals surface area contributed by atoms with Gasteiger partial charge in [0.1, 0.15) is 11.6 Å². The van der Waals surface area contributed by atoms with Gasteiger partial charge in [0.15, 0.2) is 5.82 Å². The largest absolute Gasteiger partial charge is 0.393 e. The minimum absolute atomic E-state index is 0.206. The minimum Gasteiger partial charge on any atom is -0.393 e. The number of hydrogen-bond acceptors (Lipinski definition) is 11. The molecule has 230 valence electrons. The summed E-state index contributed by atoms with van der Waals surface area (Å²) < 4.78 is 28.0. The molecule has 0 aliphatic heterocycles. The van der Waals surface area contributed by atoms with Crippen LogP contribution in [-0.4, -0.2) is 90.4 Å². The summed E-state index contributed by atoms with van der Waals surface area (Å²) in [6, 6.07) is 3.82. The van der Waals surface area contributed by atoms with Gasteiger partial charge in [-0.1, -0.05) is 11.8 Å². The lowest BCUT2D eigenvalue weighted by Crippen LogP contribution is -2.28. The van der Waals surface area contributed by atoms with Gasteiger partial charge in [-0.3, -0.25) is 4.68 Å². The van der Waals surface area contributed by atoms with Crippen LogP contribution >= 0.6 is 0 Å². The molecule has 4 aromatic rings. The minimum atomic E-state index is -3.48. The number of nitrogens with one attached hydrogen (secondary N) is 2. The number of hydrogen-bond donors (Lipinski definition) is 3. The van der Waals surface area contributed by atoms with E-state index in [0.29, 0.717) is 35.9 Å². The Labute approximate surface area is 256 Å². The number of aliphatic hydroxyl groups excluding tert-OH is 1. The summed E-state index contributed by atoms with van der Waals surface area (Å²) in [7, 11) is 0.580. The highest BCUT2D eigenvalue weighted by atomic mass is 32.2. The highest BCUT2D eigenvalue weighted by molar-refractivity contribution is 7.90. The van der Waals surface area contributed by atoms with Gasteiger partial charge in [-0.05, 0) is 58.7 Å². The van der Waals surface area contributed by atoms with E-state index in [0.717, 1.165) is 59.7 Å². The molecule has 2 saturated carbocycles. The molecule has 4 aromatic heterocycles. The molecule has 0 aromatic carbocycles. The lowest BCUT2D eigenvalue weighted by atomic mass is 9.93. The second-order valence-corrected chi connectivity index (χ2v) is 13.6. The molecule has 2 aliphatic rings. The van der Waals surface area contributed by atoms with Crippen molar-refractivity contribution in [2.24, 2.45) is 0 Å². The molecule has 4 heterocycles. The van der Waals surface area contributed by atoms with E-state index >= 15 is 0 Å². The predicted octanol–water partition coefficient (Wildman–Crippen LogP) is 2.69. The maximum Gasteiger partial charge on any atom is 0.256 e. The molecular formula is C30H36N10O3S. The molecule has 0 atom stereocenters. The third-order valence-electron chi connectivity index (χ3n) is 7.65. The van der Waals surface area contributed by atoms with Crippen LogP contribution in [0.3, 0.4) is 0 Å². The van der Waals surface area contributed by atoms with Crippen LogP contribution in [0.2, 0.25) is 0 Å². The summed E-state index contributed by atoms with van der Waals surface area (Å²) in [5, 5.41) is 24.9. The standard InChI is InChI=1S/C30H36N10O3S/c1-38(2)13-14-39-19-21(16-33-39)3-4-22-17-32-29(15-27(22)35-24-5-7-25(41)8-6-24)36-28-11-12-31-30(37-28)23-18-34-40(20-23)44(42,43)26-9-10-26/h11-12,15-20,24-26,41H,5-10,13-14H2,1-2H3,(H2,31,32,35,36,37)/t24-,25+. The lowest BCUT2D eigenvalue weighted by molar-refractivity contribution is 0.126. The maximum absolute atomic E-state index is 12.5. The molecule has 2 fully saturated rings. The molecule has 0 radical (unpaired) electrons. The molecular weight excluding hydrogens is 580 g/mol. The molecule has 3 N–H and O–H groups in total. The number of nitrogens with zero attached hydrogens (tertiary/aromatic N) is 8. The van der Waals surface area contributed by atoms with Crippen molar-refractivity contribution in [2.45, 2.75) is 62.5 Å². The van der Waals surface area contributed by atoms with Gasteiger partial charge < -0.3 is 20.6 Å². The summed E-state index contributed by atoms with van der Waals surface area (Å²) >= 11 is 0. The molecule has 14 heteroatoms. The van der Waals surface area contributed by atoms with Gasteiger partial charge in [-0.2, -0.15) is 14.3 Å². The molecule has 0 bridgehead atoms. The van der Waals surface area contributed by atoms with Crippen molar-refractivity contribution in [2.75, 3.05) is 31.3 Å². The van der Waals surface area contributed by atoms with Gasteiger partial charge in [0.25, 0.3) is 10.0 Å². The van der Waals surface area contributed by atoms with Crippen molar-refractivity contribution in [3.05, 3.63) is 60.4 Å². The van der Waals surface area contributed by atoms with E-state index in [1.165, 1.54) is 12.4 Å². The van der Waals surface area contributed by atoms with Crippen LogP contribution in [0.4, 0.5) is 17.3 Å². The number of likely N-dealkylation sites (N-methyl/N-ethyl adjacent to an activating group) is 1. The van der Waals surface area contributed by atoms with E-state index < -0.39 is 10.0 Å². The zero-order chi connectivity index (χ0) is 30.7. The van der Waals surface area contributed by atoms with Crippen LogP contribution < -0.4 is 10.6 Å². The average molecular weight is 617 g/mol. The van der Waals surface area contributed by atoms with E-state index in [2.05, 4.69) is 52.5 Å². The average Bonchev–Trinajstić information content (AvgIpc) is 3.58. The van der Waals surface area contributed by atoms with E-state index in [-0.39, 0.29) is 17.4 Å². The fourth-order valence-corrected chi connectivity index (χ4v) is 6.43. The molecule has 0 saturated heterocycles. The molecule has 13 nitrogen and oxygen atoms in total. The zero-order valence-corrected chi connectivity index (χ0v) is 25.6. The number of aliphatic hydroxyl groups is 1. The van der Waals surface area contributed by atoms with Crippen LogP contribution in [0, 0.1) is 11.8 Å². The molecule has 0 amide bonds. The molecule has 6 rings (SSSR count). The monoisotopic (exact) mass is 616 g/mol. The first-order valence-corrected chi connectivity index (χ1v) is 16.3. The Balaban J connectivity index is 1.22. The SMILES string of the molecule is CN(C)CCn1cc(C#Cc2cnc(Nc3ccnc(-c4cnn(S(=O)(=O)C5CC5)c4)n3)cc2N[C@H]2CC[C@@H](O)CC2)cn1. The second-order valence-electron chi connectivity index (χ2n) is 11.5. The van der Waals surface area contributed by atoms with Gasteiger partial charge in [-0.15, -0.1) is 0 Å². The number of anilines is 3. The Bertz CT molecular complexity index is 1780. The van der Waals surface area contributed by atoms with Crippen LogP contribution in [0.1, 0.15) is 49.7 Å². The Morgan fingerprint density at radius 3 is 2.59 bits per heavy atom. The molecule has 2 aliphatic carbocycles. The van der Waals surface area contributed by atoms with Crippen molar-refractivity contribution in [1.82, 2.24) is 38.8 Å². The summed E-state index contributed by atoms with van der Waals surface area (Å²) in [6.07, 6.45) is 14.2. The first-order valence-electron chi connectivity index (χ1n) is 14.8. The Morgan fingerprint density at radius 2 is 1.82 bits per heavy atom. The highest BCUT2D eigenvalue weighted by Gasteiger charge is 2.37. The molecule has 0 spiro atoms. The molecule has 44 heavy (non-hydrogen) atoms. The van der Waals surface area contributed by atoms with E-state index in [9.17, 15) is 13.5 Å². The van der Waals surface area contributed by atoms with Crippen molar-refractivity contribution < 1.29 is 13.5 Å². The molecule has 0 unspecified atom stereocenters. The van der Waals surface area contributed by atoms with Crippen LogP contribution in [0.25, 0.3) is 11.4 Å². The lowest BCUT2D eigenvalue weighted by Gasteiger charge is -2.27. The Morgan fingerprint density at radius 1 is 1.00 bits per heavy atom. The Hall–Kier alpha value is -4.32. The summed E-state index contributed by atoms with van der Waals surface area (Å²) in [5.74, 6) is 7.87. The van der Waals surface area contributed by atoms with Gasteiger partial charge >= 0.3 is 0 Å². The van der Waals surface area contributed by atoms with Gasteiger partial charge in [-0.25, -0.2) is 23.4 Å². The van der Waals surface area contributed by atoms with Crippen molar-refractivity contribution in [3.8, 4) is 23.2 Å². The van der Waals surface area contributed by atoms with Crippen molar-refractivity contribution in [3.63, 3.8) is 0 Å². The fourth-order valence-electron chi connectivity index (χ4n) is 4.95. The van der Waals surface area contributed by atoms with Gasteiger partial charge in [0, 0.05) is 37.2 Å². The number of pyridine rings is 1. The highest BCUT2D eigenvalue weighted by Crippen LogP contribution is 2.30. The van der Waals surface area contributed by atoms with Crippen LogP contribution in [0.5, 0.6) is 0 Å². The van der Waals surface area contributed by atoms with Crippen molar-refractivity contribution in [1.29, 1.82) is 0 Å². The Kier molecular flexibility index (Phi) is 8.60. The van der Waals surface area contributed by atoms with E-state index in [1.54, 1.807) is 24.7 Å². The summed E-state index contributed by atoms with van der Waals surface area (Å²) in [5.41, 5.74) is 2.90. The normalized spacial score (nSPS) is 18.5. The van der Waals surface area contributed by atoms with E-state index in [1.807, 2.05) is 31.0 Å².